The van der Waals surface area contributed by atoms with Gasteiger partial charge in [0.2, 0.25) is 0 Å². The minimum absolute atomic E-state index is 0.00869. The highest BCUT2D eigenvalue weighted by Crippen LogP contribution is 2.21. The predicted octanol–water partition coefficient (Wildman–Crippen LogP) is 4.51. The maximum absolute atomic E-state index is 11.9. The van der Waals surface area contributed by atoms with E-state index < -0.39 is 0 Å². The Hall–Kier alpha value is -2.00. The number of carbonyl (C=O) groups is 1. The van der Waals surface area contributed by atoms with Crippen molar-refractivity contribution in [1.82, 2.24) is 5.32 Å². The van der Waals surface area contributed by atoms with Crippen LogP contribution < -0.4 is 10.1 Å². The van der Waals surface area contributed by atoms with E-state index in [0.717, 1.165) is 12.0 Å². The Labute approximate surface area is 149 Å². The third-order valence-electron chi connectivity index (χ3n) is 3.88. The molecule has 0 saturated heterocycles. The topological polar surface area (TPSA) is 38.3 Å². The summed E-state index contributed by atoms with van der Waals surface area (Å²) in [5, 5.41) is 3.54. The van der Waals surface area contributed by atoms with Crippen molar-refractivity contribution in [3.05, 3.63) is 64.2 Å². The number of ether oxygens (including phenoxy) is 1. The number of aryl methyl sites for hydroxylation is 1. The molecular formula is C20H24ClNO2. The molecule has 0 saturated carbocycles. The van der Waals surface area contributed by atoms with E-state index in [9.17, 15) is 4.79 Å². The highest BCUT2D eigenvalue weighted by atomic mass is 35.5. The molecule has 1 N–H and O–H groups in total. The lowest BCUT2D eigenvalue weighted by molar-refractivity contribution is -0.123. The Bertz CT molecular complexity index is 681. The van der Waals surface area contributed by atoms with Crippen molar-refractivity contribution < 1.29 is 9.53 Å². The van der Waals surface area contributed by atoms with Gasteiger partial charge in [0.25, 0.3) is 5.91 Å². The fourth-order valence-corrected chi connectivity index (χ4v) is 2.61. The van der Waals surface area contributed by atoms with Gasteiger partial charge in [-0.1, -0.05) is 49.7 Å². The first-order chi connectivity index (χ1) is 11.5. The van der Waals surface area contributed by atoms with Crippen LogP contribution in [0, 0.1) is 6.92 Å². The number of halogens is 1. The average Bonchev–Trinajstić information content (AvgIpc) is 2.54. The highest BCUT2D eigenvalue weighted by Gasteiger charge is 2.05. The van der Waals surface area contributed by atoms with Crippen molar-refractivity contribution in [3.8, 4) is 5.75 Å². The molecule has 2 aromatic carbocycles. The van der Waals surface area contributed by atoms with Gasteiger partial charge >= 0.3 is 0 Å². The molecule has 0 aliphatic carbocycles. The maximum atomic E-state index is 11.9. The van der Waals surface area contributed by atoms with Crippen LogP contribution in [0.1, 0.15) is 36.5 Å². The monoisotopic (exact) mass is 345 g/mol. The molecule has 2 aromatic rings. The number of carbonyl (C=O) groups excluding carboxylic acids is 1. The standard InChI is InChI=1S/C20H24ClNO2/c1-14(2)17-6-4-16(5-7-17)10-11-22-20(23)13-24-19-9-8-18(21)12-15(19)3/h4-9,12,14H,10-11,13H2,1-3H3,(H,22,23). The second-order valence-corrected chi connectivity index (χ2v) is 6.63. The molecule has 24 heavy (non-hydrogen) atoms. The first-order valence-electron chi connectivity index (χ1n) is 8.20. The number of benzene rings is 2. The Morgan fingerprint density at radius 1 is 1.17 bits per heavy atom. The molecule has 0 atom stereocenters. The highest BCUT2D eigenvalue weighted by molar-refractivity contribution is 6.30. The van der Waals surface area contributed by atoms with Crippen molar-refractivity contribution in [3.63, 3.8) is 0 Å². The Morgan fingerprint density at radius 2 is 1.88 bits per heavy atom. The molecule has 3 nitrogen and oxygen atoms in total. The van der Waals surface area contributed by atoms with Gasteiger partial charge in [-0.2, -0.15) is 0 Å². The van der Waals surface area contributed by atoms with E-state index >= 15 is 0 Å². The summed E-state index contributed by atoms with van der Waals surface area (Å²) in [6, 6.07) is 13.9. The fraction of sp³-hybridized carbons (Fsp3) is 0.350. The summed E-state index contributed by atoms with van der Waals surface area (Å²) < 4.78 is 5.53. The molecule has 0 aromatic heterocycles. The van der Waals surface area contributed by atoms with E-state index in [4.69, 9.17) is 16.3 Å². The molecule has 0 bridgehead atoms. The summed E-state index contributed by atoms with van der Waals surface area (Å²) in [7, 11) is 0. The van der Waals surface area contributed by atoms with Gasteiger partial charge in [0.05, 0.1) is 0 Å². The average molecular weight is 346 g/mol. The second kappa shape index (κ2) is 8.74. The third-order valence-corrected chi connectivity index (χ3v) is 4.11. The summed E-state index contributed by atoms with van der Waals surface area (Å²) in [4.78, 5) is 11.9. The van der Waals surface area contributed by atoms with Crippen molar-refractivity contribution in [1.29, 1.82) is 0 Å². The van der Waals surface area contributed by atoms with Crippen LogP contribution >= 0.6 is 11.6 Å². The summed E-state index contributed by atoms with van der Waals surface area (Å²) in [6.07, 6.45) is 0.810. The van der Waals surface area contributed by atoms with Crippen molar-refractivity contribution in [2.75, 3.05) is 13.2 Å². The lowest BCUT2D eigenvalue weighted by Crippen LogP contribution is -2.30. The van der Waals surface area contributed by atoms with Crippen LogP contribution in [0.5, 0.6) is 5.75 Å². The summed E-state index contributed by atoms with van der Waals surface area (Å²) in [5.74, 6) is 1.09. The first kappa shape index (κ1) is 18.3. The zero-order chi connectivity index (χ0) is 17.5. The normalized spacial score (nSPS) is 10.7. The van der Waals surface area contributed by atoms with E-state index in [-0.39, 0.29) is 12.5 Å². The van der Waals surface area contributed by atoms with E-state index in [0.29, 0.717) is 23.2 Å². The van der Waals surface area contributed by atoms with E-state index in [2.05, 4.69) is 43.4 Å². The Balaban J connectivity index is 1.73. The van der Waals surface area contributed by atoms with Gasteiger partial charge in [-0.05, 0) is 54.2 Å². The van der Waals surface area contributed by atoms with E-state index in [1.165, 1.54) is 11.1 Å². The first-order valence-corrected chi connectivity index (χ1v) is 8.58. The SMILES string of the molecule is Cc1cc(Cl)ccc1OCC(=O)NCCc1ccc(C(C)C)cc1. The zero-order valence-electron chi connectivity index (χ0n) is 14.4. The molecule has 0 heterocycles. The molecule has 0 aliphatic heterocycles. The number of hydrogen-bond donors (Lipinski definition) is 1. The largest absolute Gasteiger partial charge is 0.484 e. The number of nitrogens with one attached hydrogen (secondary N) is 1. The Kier molecular flexibility index (Phi) is 6.68. The molecule has 2 rings (SSSR count). The Morgan fingerprint density at radius 3 is 2.50 bits per heavy atom. The smallest absolute Gasteiger partial charge is 0.257 e. The molecule has 1 amide bonds. The third kappa shape index (κ3) is 5.57. The van der Waals surface area contributed by atoms with Gasteiger partial charge in [-0.25, -0.2) is 0 Å². The minimum Gasteiger partial charge on any atom is -0.484 e. The van der Waals surface area contributed by atoms with Gasteiger partial charge in [-0.3, -0.25) is 4.79 Å². The van der Waals surface area contributed by atoms with Crippen molar-refractivity contribution >= 4 is 17.5 Å². The summed E-state index contributed by atoms with van der Waals surface area (Å²) in [5.41, 5.74) is 3.46. The lowest BCUT2D eigenvalue weighted by Gasteiger charge is -2.10. The molecule has 0 fully saturated rings. The van der Waals surface area contributed by atoms with Crippen LogP contribution in [-0.4, -0.2) is 19.1 Å². The number of amides is 1. The van der Waals surface area contributed by atoms with Gasteiger partial charge < -0.3 is 10.1 Å². The van der Waals surface area contributed by atoms with E-state index in [1.54, 1.807) is 12.1 Å². The van der Waals surface area contributed by atoms with Gasteiger partial charge in [0, 0.05) is 11.6 Å². The van der Waals surface area contributed by atoms with Crippen LogP contribution in [0.25, 0.3) is 0 Å². The fourth-order valence-electron chi connectivity index (χ4n) is 2.38. The molecular weight excluding hydrogens is 322 g/mol. The maximum Gasteiger partial charge on any atom is 0.257 e. The van der Waals surface area contributed by atoms with Gasteiger partial charge in [0.15, 0.2) is 6.61 Å². The molecule has 0 unspecified atom stereocenters. The summed E-state index contributed by atoms with van der Waals surface area (Å²) in [6.45, 7) is 6.87. The molecule has 0 radical (unpaired) electrons. The number of rotatable bonds is 7. The van der Waals surface area contributed by atoms with Crippen molar-refractivity contribution in [2.45, 2.75) is 33.1 Å². The number of hydrogen-bond acceptors (Lipinski definition) is 2. The summed E-state index contributed by atoms with van der Waals surface area (Å²) >= 11 is 5.90. The van der Waals surface area contributed by atoms with Crippen LogP contribution in [0.4, 0.5) is 0 Å². The van der Waals surface area contributed by atoms with Crippen LogP contribution in [-0.2, 0) is 11.2 Å². The van der Waals surface area contributed by atoms with Gasteiger partial charge in [0.1, 0.15) is 5.75 Å². The lowest BCUT2D eigenvalue weighted by atomic mass is 10.0. The zero-order valence-corrected chi connectivity index (χ0v) is 15.2. The van der Waals surface area contributed by atoms with Crippen LogP contribution in [0.2, 0.25) is 5.02 Å². The van der Waals surface area contributed by atoms with Gasteiger partial charge in [-0.15, -0.1) is 0 Å². The van der Waals surface area contributed by atoms with Crippen LogP contribution in [0.15, 0.2) is 42.5 Å². The molecule has 0 aliphatic rings. The molecule has 128 valence electrons. The molecule has 4 heteroatoms. The quantitative estimate of drug-likeness (QED) is 0.801. The van der Waals surface area contributed by atoms with Crippen LogP contribution in [0.3, 0.4) is 0 Å². The van der Waals surface area contributed by atoms with Crippen molar-refractivity contribution in [2.24, 2.45) is 0 Å². The predicted molar refractivity (Wildman–Crippen MR) is 98.9 cm³/mol. The second-order valence-electron chi connectivity index (χ2n) is 6.19. The molecule has 0 spiro atoms. The minimum atomic E-state index is -0.122. The van der Waals surface area contributed by atoms with E-state index in [1.807, 2.05) is 13.0 Å².